The van der Waals surface area contributed by atoms with Gasteiger partial charge in [0.15, 0.2) is 0 Å². The van der Waals surface area contributed by atoms with E-state index in [1.54, 1.807) is 0 Å². The van der Waals surface area contributed by atoms with Crippen molar-refractivity contribution >= 4 is 17.5 Å². The van der Waals surface area contributed by atoms with E-state index in [2.05, 4.69) is 5.32 Å². The van der Waals surface area contributed by atoms with Crippen LogP contribution in [-0.2, 0) is 11.2 Å². The molecule has 3 heteroatoms. The fourth-order valence-electron chi connectivity index (χ4n) is 1.27. The van der Waals surface area contributed by atoms with Crippen molar-refractivity contribution in [2.45, 2.75) is 19.4 Å². The van der Waals surface area contributed by atoms with Gasteiger partial charge in [0.05, 0.1) is 6.92 Å². The maximum Gasteiger partial charge on any atom is 0.224 e. The van der Waals surface area contributed by atoms with E-state index in [4.69, 9.17) is 18.5 Å². The predicted octanol–water partition coefficient (Wildman–Crippen LogP) is 2.10. The molecule has 1 rings (SSSR count). The van der Waals surface area contributed by atoms with Crippen molar-refractivity contribution in [3.05, 3.63) is 41.8 Å². The third-order valence-electron chi connectivity index (χ3n) is 1.84. The first-order valence-electron chi connectivity index (χ1n) is 4.38. The fraction of sp³-hybridized carbons (Fsp3) is 0.273. The van der Waals surface area contributed by atoms with Crippen LogP contribution < -0.4 is 5.32 Å². The van der Waals surface area contributed by atoms with Gasteiger partial charge in [0, 0.05) is 11.1 Å². The lowest BCUT2D eigenvalue weighted by atomic mass is 10.1. The van der Waals surface area contributed by atoms with Crippen LogP contribution in [0, 0.1) is 6.92 Å². The minimum absolute atomic E-state index is 0.0358. The van der Waals surface area contributed by atoms with Gasteiger partial charge in [0.2, 0.25) is 5.91 Å². The molecule has 0 bridgehead atoms. The summed E-state index contributed by atoms with van der Waals surface area (Å²) in [6.07, 6.45) is 0.750. The molecule has 14 heavy (non-hydrogen) atoms. The number of amides is 1. The van der Waals surface area contributed by atoms with Crippen LogP contribution in [0.25, 0.3) is 0 Å². The highest BCUT2D eigenvalue weighted by Crippen LogP contribution is 2.10. The first kappa shape index (κ1) is 11.1. The molecule has 0 aromatic heterocycles. The second-order valence-electron chi connectivity index (χ2n) is 3.24. The topological polar surface area (TPSA) is 29.1 Å². The molecule has 2 radical (unpaired) electrons. The van der Waals surface area contributed by atoms with E-state index < -0.39 is 5.91 Å². The molecule has 0 aliphatic rings. The van der Waals surface area contributed by atoms with E-state index in [1.165, 1.54) is 0 Å². The van der Waals surface area contributed by atoms with Gasteiger partial charge in [0.1, 0.15) is 0 Å². The van der Waals surface area contributed by atoms with Crippen molar-refractivity contribution < 1.29 is 4.79 Å². The van der Waals surface area contributed by atoms with E-state index in [9.17, 15) is 4.79 Å². The number of nitrogens with one attached hydrogen (secondary N) is 1. The van der Waals surface area contributed by atoms with Crippen molar-refractivity contribution in [2.75, 3.05) is 0 Å². The van der Waals surface area contributed by atoms with Gasteiger partial charge in [-0.2, -0.15) is 0 Å². The Balaban J connectivity index is 2.51. The van der Waals surface area contributed by atoms with Gasteiger partial charge < -0.3 is 5.32 Å². The molecule has 0 saturated heterocycles. The number of rotatable bonds is 3. The normalized spacial score (nSPS) is 12.2. The second kappa shape index (κ2) is 5.01. The molecule has 74 valence electrons. The zero-order valence-electron chi connectivity index (χ0n) is 7.96. The third kappa shape index (κ3) is 3.79. The minimum atomic E-state index is -0.494. The summed E-state index contributed by atoms with van der Waals surface area (Å²) in [5.41, 5.74) is 1.12. The molecule has 2 nitrogen and oxygen atoms in total. The summed E-state index contributed by atoms with van der Waals surface area (Å²) in [5.74, 6) is -0.494. The van der Waals surface area contributed by atoms with Crippen LogP contribution >= 0.6 is 11.6 Å². The Hall–Kier alpha value is -1.02. The molecular weight excluding hydrogens is 198 g/mol. The third-order valence-corrected chi connectivity index (χ3v) is 2.10. The van der Waals surface area contributed by atoms with Crippen molar-refractivity contribution in [1.29, 1.82) is 0 Å². The Labute approximate surface area is 89.3 Å². The average Bonchev–Trinajstić information content (AvgIpc) is 2.07. The second-order valence-corrected chi connectivity index (χ2v) is 3.68. The zero-order valence-corrected chi connectivity index (χ0v) is 8.71. The molecule has 0 heterocycles. The summed E-state index contributed by atoms with van der Waals surface area (Å²) >= 11 is 5.74. The van der Waals surface area contributed by atoms with Crippen LogP contribution in [0.2, 0.25) is 5.02 Å². The Bertz CT molecular complexity index is 308. The highest BCUT2D eigenvalue weighted by molar-refractivity contribution is 6.30. The summed E-state index contributed by atoms with van der Waals surface area (Å²) in [4.78, 5) is 10.5. The van der Waals surface area contributed by atoms with Crippen molar-refractivity contribution in [3.8, 4) is 0 Å². The van der Waals surface area contributed by atoms with Crippen LogP contribution in [-0.4, -0.2) is 11.9 Å². The zero-order chi connectivity index (χ0) is 10.6. The van der Waals surface area contributed by atoms with Crippen molar-refractivity contribution in [1.82, 2.24) is 5.32 Å². The lowest BCUT2D eigenvalue weighted by Gasteiger charge is -2.11. The number of hydrogen-bond acceptors (Lipinski definition) is 1. The molecule has 0 aliphatic heterocycles. The number of carbonyl (C=O) groups excluding carboxylic acids is 1. The van der Waals surface area contributed by atoms with Gasteiger partial charge in [-0.25, -0.2) is 0 Å². The first-order chi connectivity index (χ1) is 6.58. The molecular formula is C11H12ClNO. The summed E-state index contributed by atoms with van der Waals surface area (Å²) in [5, 5.41) is 3.32. The largest absolute Gasteiger partial charge is 0.353 e. The summed E-state index contributed by atoms with van der Waals surface area (Å²) in [6, 6.07) is 7.55. The van der Waals surface area contributed by atoms with Gasteiger partial charge >= 0.3 is 0 Å². The molecule has 1 atom stereocenters. The number of halogens is 1. The minimum Gasteiger partial charge on any atom is -0.353 e. The van der Waals surface area contributed by atoms with Crippen LogP contribution in [0.4, 0.5) is 0 Å². The smallest absolute Gasteiger partial charge is 0.224 e. The lowest BCUT2D eigenvalue weighted by molar-refractivity contribution is -0.117. The highest BCUT2D eigenvalue weighted by atomic mass is 35.5. The monoisotopic (exact) mass is 209 g/mol. The predicted molar refractivity (Wildman–Crippen MR) is 57.1 cm³/mol. The van der Waals surface area contributed by atoms with Crippen LogP contribution in [0.15, 0.2) is 24.3 Å². The summed E-state index contributed by atoms with van der Waals surface area (Å²) in [6.45, 7) is 6.90. The molecule has 0 saturated carbocycles. The van der Waals surface area contributed by atoms with E-state index in [0.29, 0.717) is 5.02 Å². The van der Waals surface area contributed by atoms with Crippen molar-refractivity contribution in [2.24, 2.45) is 0 Å². The van der Waals surface area contributed by atoms with E-state index >= 15 is 0 Å². The Morgan fingerprint density at radius 1 is 1.50 bits per heavy atom. The standard InChI is InChI=1S/C11H12ClNO/c1-8(13-9(2)14)7-10-3-5-11(12)6-4-10/h2-6,8H,7H2,1H3,(H,13,14). The maximum atomic E-state index is 10.5. The Morgan fingerprint density at radius 3 is 2.57 bits per heavy atom. The van der Waals surface area contributed by atoms with Gasteiger partial charge in [-0.1, -0.05) is 23.7 Å². The molecule has 1 aromatic carbocycles. The molecule has 0 aliphatic carbocycles. The van der Waals surface area contributed by atoms with Crippen LogP contribution in [0.5, 0.6) is 0 Å². The van der Waals surface area contributed by atoms with Gasteiger partial charge in [-0.3, -0.25) is 4.79 Å². The van der Waals surface area contributed by atoms with E-state index in [1.807, 2.05) is 31.2 Å². The Kier molecular flexibility index (Phi) is 3.96. The van der Waals surface area contributed by atoms with Crippen molar-refractivity contribution in [3.63, 3.8) is 0 Å². The number of carbonyl (C=O) groups is 1. The molecule has 1 aromatic rings. The lowest BCUT2D eigenvalue weighted by Crippen LogP contribution is -2.32. The SMILES string of the molecule is [CH]C(=O)NC(C)Cc1ccc(Cl)cc1. The highest BCUT2D eigenvalue weighted by Gasteiger charge is 2.04. The summed E-state index contributed by atoms with van der Waals surface area (Å²) < 4.78 is 0. The van der Waals surface area contributed by atoms with Crippen LogP contribution in [0.1, 0.15) is 12.5 Å². The van der Waals surface area contributed by atoms with Crippen LogP contribution in [0.3, 0.4) is 0 Å². The number of benzene rings is 1. The Morgan fingerprint density at radius 2 is 2.07 bits per heavy atom. The van der Waals surface area contributed by atoms with E-state index in [0.717, 1.165) is 12.0 Å². The van der Waals surface area contributed by atoms with E-state index in [-0.39, 0.29) is 6.04 Å². The van der Waals surface area contributed by atoms with Gasteiger partial charge in [0.25, 0.3) is 0 Å². The quantitative estimate of drug-likeness (QED) is 0.812. The van der Waals surface area contributed by atoms with Gasteiger partial charge in [-0.15, -0.1) is 0 Å². The summed E-state index contributed by atoms with van der Waals surface area (Å²) in [7, 11) is 0. The first-order valence-corrected chi connectivity index (χ1v) is 4.76. The number of hydrogen-bond donors (Lipinski definition) is 1. The molecule has 0 fully saturated rings. The molecule has 1 unspecified atom stereocenters. The average molecular weight is 210 g/mol. The van der Waals surface area contributed by atoms with Gasteiger partial charge in [-0.05, 0) is 31.0 Å². The molecule has 1 amide bonds. The maximum absolute atomic E-state index is 10.5. The molecule has 1 N–H and O–H groups in total. The fourth-order valence-corrected chi connectivity index (χ4v) is 1.39. The molecule has 0 spiro atoms.